The van der Waals surface area contributed by atoms with Crippen molar-refractivity contribution in [3.05, 3.63) is 6.92 Å². The Morgan fingerprint density at radius 3 is 1.75 bits per heavy atom. The van der Waals surface area contributed by atoms with E-state index < -0.39 is 0 Å². The van der Waals surface area contributed by atoms with Crippen LogP contribution in [0.15, 0.2) is 0 Å². The van der Waals surface area contributed by atoms with Crippen LogP contribution in [0.1, 0.15) is 71.1 Å². The first-order valence-electron chi connectivity index (χ1n) is 7.81. The third-order valence-corrected chi connectivity index (χ3v) is 2.93. The lowest BCUT2D eigenvalue weighted by molar-refractivity contribution is -0.146. The van der Waals surface area contributed by atoms with Crippen molar-refractivity contribution in [3.8, 4) is 0 Å². The van der Waals surface area contributed by atoms with E-state index in [0.29, 0.717) is 38.9 Å². The predicted octanol–water partition coefficient (Wildman–Crippen LogP) is 3.83. The molecule has 0 aliphatic heterocycles. The van der Waals surface area contributed by atoms with Crippen molar-refractivity contribution in [3.63, 3.8) is 0 Å². The summed E-state index contributed by atoms with van der Waals surface area (Å²) < 4.78 is 10.1. The minimum atomic E-state index is -0.176. The lowest BCUT2D eigenvalue weighted by Gasteiger charge is -2.05. The number of ether oxygens (including phenoxy) is 2. The summed E-state index contributed by atoms with van der Waals surface area (Å²) in [5.74, 6) is -0.338. The fourth-order valence-electron chi connectivity index (χ4n) is 1.69. The van der Waals surface area contributed by atoms with E-state index in [1.165, 1.54) is 0 Å². The van der Waals surface area contributed by atoms with Gasteiger partial charge in [0.15, 0.2) is 0 Å². The molecule has 0 bridgehead atoms. The molecule has 0 aliphatic rings. The van der Waals surface area contributed by atoms with Gasteiger partial charge in [0.1, 0.15) is 0 Å². The molecule has 117 valence electrons. The van der Waals surface area contributed by atoms with Crippen molar-refractivity contribution in [1.29, 1.82) is 0 Å². The minimum absolute atomic E-state index is 0.162. The molecular formula is C16H29O4. The number of hydrogen-bond acceptors (Lipinski definition) is 4. The Labute approximate surface area is 123 Å². The van der Waals surface area contributed by atoms with Crippen LogP contribution in [-0.4, -0.2) is 25.2 Å². The van der Waals surface area contributed by atoms with Gasteiger partial charge in [-0.3, -0.25) is 9.59 Å². The predicted molar refractivity (Wildman–Crippen MR) is 79.1 cm³/mol. The number of rotatable bonds is 13. The van der Waals surface area contributed by atoms with Gasteiger partial charge in [0.05, 0.1) is 13.2 Å². The minimum Gasteiger partial charge on any atom is -0.466 e. The second-order valence-corrected chi connectivity index (χ2v) is 4.92. The fraction of sp³-hybridized carbons (Fsp3) is 0.812. The normalized spacial score (nSPS) is 10.3. The van der Waals surface area contributed by atoms with Crippen LogP contribution in [0, 0.1) is 6.92 Å². The summed E-state index contributed by atoms with van der Waals surface area (Å²) in [5, 5.41) is 0. The van der Waals surface area contributed by atoms with Gasteiger partial charge < -0.3 is 9.47 Å². The van der Waals surface area contributed by atoms with E-state index >= 15 is 0 Å². The maximum absolute atomic E-state index is 11.4. The standard InChI is InChI=1S/C16H29O4/c1-3-5-9-13-19-15(17)11-7-8-12-16(18)20-14-10-6-4-2/h1,3-14H2,2H3. The molecule has 0 saturated heterocycles. The molecular weight excluding hydrogens is 256 g/mol. The van der Waals surface area contributed by atoms with Gasteiger partial charge in [-0.1, -0.05) is 39.5 Å². The molecule has 20 heavy (non-hydrogen) atoms. The van der Waals surface area contributed by atoms with Crippen LogP contribution in [0.3, 0.4) is 0 Å². The Kier molecular flexibility index (Phi) is 13.6. The zero-order chi connectivity index (χ0) is 15.1. The molecule has 4 nitrogen and oxygen atoms in total. The SMILES string of the molecule is [CH2]CCCCOC(=O)CCCCC(=O)OCCCCC. The molecule has 0 atom stereocenters. The molecule has 0 aromatic heterocycles. The highest BCUT2D eigenvalue weighted by atomic mass is 16.5. The highest BCUT2D eigenvalue weighted by Crippen LogP contribution is 2.04. The highest BCUT2D eigenvalue weighted by Gasteiger charge is 2.05. The average Bonchev–Trinajstić information content (AvgIpc) is 2.44. The Hall–Kier alpha value is -1.06. The third kappa shape index (κ3) is 13.4. The molecule has 0 rings (SSSR count). The molecule has 0 spiro atoms. The Balaban J connectivity index is 3.32. The van der Waals surface area contributed by atoms with Gasteiger partial charge in [-0.05, 0) is 25.7 Å². The van der Waals surface area contributed by atoms with E-state index in [4.69, 9.17) is 9.47 Å². The molecule has 0 unspecified atom stereocenters. The average molecular weight is 285 g/mol. The topological polar surface area (TPSA) is 52.6 Å². The first-order chi connectivity index (χ1) is 9.70. The van der Waals surface area contributed by atoms with Crippen LogP contribution >= 0.6 is 0 Å². The summed E-state index contributed by atoms with van der Waals surface area (Å²) in [4.78, 5) is 22.7. The van der Waals surface area contributed by atoms with E-state index in [2.05, 4.69) is 13.8 Å². The summed E-state index contributed by atoms with van der Waals surface area (Å²) in [6.45, 7) is 6.83. The molecule has 0 aromatic carbocycles. The van der Waals surface area contributed by atoms with Gasteiger partial charge >= 0.3 is 11.9 Å². The Bertz CT molecular complexity index is 225. The number of esters is 2. The summed E-state index contributed by atoms with van der Waals surface area (Å²) in [6.07, 6.45) is 8.01. The van der Waals surface area contributed by atoms with Crippen LogP contribution < -0.4 is 0 Å². The Morgan fingerprint density at radius 2 is 1.30 bits per heavy atom. The summed E-state index contributed by atoms with van der Waals surface area (Å²) in [7, 11) is 0. The van der Waals surface area contributed by atoms with Gasteiger partial charge in [-0.15, -0.1) is 0 Å². The van der Waals surface area contributed by atoms with Crippen LogP contribution in [0.2, 0.25) is 0 Å². The second kappa shape index (κ2) is 14.4. The van der Waals surface area contributed by atoms with Crippen LogP contribution in [0.4, 0.5) is 0 Å². The largest absolute Gasteiger partial charge is 0.466 e. The van der Waals surface area contributed by atoms with Gasteiger partial charge in [0.25, 0.3) is 0 Å². The highest BCUT2D eigenvalue weighted by molar-refractivity contribution is 5.70. The van der Waals surface area contributed by atoms with E-state index in [-0.39, 0.29) is 11.9 Å². The lowest BCUT2D eigenvalue weighted by atomic mass is 10.2. The maximum atomic E-state index is 11.4. The van der Waals surface area contributed by atoms with E-state index in [1.807, 2.05) is 0 Å². The van der Waals surface area contributed by atoms with E-state index in [9.17, 15) is 9.59 Å². The first-order valence-corrected chi connectivity index (χ1v) is 7.81. The molecule has 0 aliphatic carbocycles. The summed E-state index contributed by atoms with van der Waals surface area (Å²) in [5.41, 5.74) is 0. The molecule has 0 heterocycles. The van der Waals surface area contributed by atoms with Gasteiger partial charge in [0, 0.05) is 12.8 Å². The van der Waals surface area contributed by atoms with E-state index in [0.717, 1.165) is 38.5 Å². The van der Waals surface area contributed by atoms with Crippen molar-refractivity contribution in [2.24, 2.45) is 0 Å². The molecule has 0 aromatic rings. The van der Waals surface area contributed by atoms with Gasteiger partial charge in [-0.2, -0.15) is 0 Å². The number of carbonyl (C=O) groups is 2. The van der Waals surface area contributed by atoms with E-state index in [1.54, 1.807) is 0 Å². The molecule has 0 amide bonds. The van der Waals surface area contributed by atoms with Gasteiger partial charge in [0.2, 0.25) is 0 Å². The maximum Gasteiger partial charge on any atom is 0.305 e. The molecule has 4 heteroatoms. The van der Waals surface area contributed by atoms with Crippen molar-refractivity contribution in [1.82, 2.24) is 0 Å². The summed E-state index contributed by atoms with van der Waals surface area (Å²) in [6, 6.07) is 0. The molecule has 0 fully saturated rings. The van der Waals surface area contributed by atoms with Crippen molar-refractivity contribution in [2.45, 2.75) is 71.1 Å². The summed E-state index contributed by atoms with van der Waals surface area (Å²) >= 11 is 0. The molecule has 1 radical (unpaired) electrons. The smallest absolute Gasteiger partial charge is 0.305 e. The number of hydrogen-bond donors (Lipinski definition) is 0. The molecule has 0 saturated carbocycles. The van der Waals surface area contributed by atoms with Crippen LogP contribution in [0.25, 0.3) is 0 Å². The van der Waals surface area contributed by atoms with Crippen LogP contribution in [-0.2, 0) is 19.1 Å². The third-order valence-electron chi connectivity index (χ3n) is 2.93. The number of carbonyl (C=O) groups excluding carboxylic acids is 2. The van der Waals surface area contributed by atoms with Crippen molar-refractivity contribution in [2.75, 3.05) is 13.2 Å². The lowest BCUT2D eigenvalue weighted by Crippen LogP contribution is -2.08. The quantitative estimate of drug-likeness (QED) is 0.381. The monoisotopic (exact) mass is 285 g/mol. The van der Waals surface area contributed by atoms with Gasteiger partial charge in [-0.25, -0.2) is 0 Å². The van der Waals surface area contributed by atoms with Crippen molar-refractivity contribution >= 4 is 11.9 Å². The zero-order valence-corrected chi connectivity index (χ0v) is 12.8. The fourth-order valence-corrected chi connectivity index (χ4v) is 1.69. The van der Waals surface area contributed by atoms with Crippen molar-refractivity contribution < 1.29 is 19.1 Å². The first kappa shape index (κ1) is 18.9. The second-order valence-electron chi connectivity index (χ2n) is 4.92. The number of unbranched alkanes of at least 4 members (excludes halogenated alkanes) is 5. The molecule has 0 N–H and O–H groups in total. The Morgan fingerprint density at radius 1 is 0.800 bits per heavy atom. The zero-order valence-electron chi connectivity index (χ0n) is 12.8. The van der Waals surface area contributed by atoms with Crippen LogP contribution in [0.5, 0.6) is 0 Å².